The van der Waals surface area contributed by atoms with Crippen molar-refractivity contribution in [2.24, 2.45) is 0 Å². The van der Waals surface area contributed by atoms with Gasteiger partial charge in [-0.1, -0.05) is 23.5 Å². The molecule has 0 saturated heterocycles. The summed E-state index contributed by atoms with van der Waals surface area (Å²) in [5.41, 5.74) is 2.55. The maximum atomic E-state index is 11.8. The van der Waals surface area contributed by atoms with E-state index in [9.17, 15) is 10.1 Å². The van der Waals surface area contributed by atoms with Gasteiger partial charge in [0.25, 0.3) is 0 Å². The van der Waals surface area contributed by atoms with E-state index in [1.165, 1.54) is 17.7 Å². The molecule has 5 rings (SSSR count). The first-order chi connectivity index (χ1) is 15.1. The van der Waals surface area contributed by atoms with Crippen LogP contribution in [0, 0.1) is 17.0 Å². The molecule has 11 heteroatoms. The summed E-state index contributed by atoms with van der Waals surface area (Å²) in [6.45, 7) is 2.50. The number of rotatable bonds is 6. The number of nitrogens with one attached hydrogen (secondary N) is 2. The van der Waals surface area contributed by atoms with Crippen LogP contribution in [0.4, 0.5) is 22.5 Å². The highest BCUT2D eigenvalue weighted by molar-refractivity contribution is 7.22. The zero-order valence-corrected chi connectivity index (χ0v) is 17.1. The highest BCUT2D eigenvalue weighted by atomic mass is 32.1. The molecule has 0 saturated carbocycles. The summed E-state index contributed by atoms with van der Waals surface area (Å²) in [6, 6.07) is 11.4. The van der Waals surface area contributed by atoms with Crippen molar-refractivity contribution in [2.75, 3.05) is 17.4 Å². The van der Waals surface area contributed by atoms with Gasteiger partial charge in [-0.15, -0.1) is 0 Å². The van der Waals surface area contributed by atoms with Gasteiger partial charge >= 0.3 is 5.69 Å². The second-order valence-corrected chi connectivity index (χ2v) is 7.86. The van der Waals surface area contributed by atoms with E-state index in [1.807, 2.05) is 37.3 Å². The fraction of sp³-hybridized carbons (Fsp3) is 0.150. The van der Waals surface area contributed by atoms with Gasteiger partial charge in [0.2, 0.25) is 18.4 Å². The van der Waals surface area contributed by atoms with Crippen LogP contribution in [0.25, 0.3) is 10.2 Å². The Morgan fingerprint density at radius 1 is 1.13 bits per heavy atom. The van der Waals surface area contributed by atoms with E-state index >= 15 is 0 Å². The number of nitro groups is 1. The van der Waals surface area contributed by atoms with Crippen LogP contribution < -0.4 is 20.1 Å². The number of aromatic nitrogens is 3. The molecule has 0 atom stereocenters. The van der Waals surface area contributed by atoms with Crippen molar-refractivity contribution in [1.29, 1.82) is 0 Å². The number of nitrogens with zero attached hydrogens (tertiary/aromatic N) is 4. The van der Waals surface area contributed by atoms with Gasteiger partial charge in [-0.3, -0.25) is 10.1 Å². The minimum absolute atomic E-state index is 0.0731. The lowest BCUT2D eigenvalue weighted by molar-refractivity contribution is -0.383. The highest BCUT2D eigenvalue weighted by Crippen LogP contribution is 2.35. The topological polar surface area (TPSA) is 124 Å². The normalized spacial score (nSPS) is 12.2. The molecule has 2 N–H and O–H groups in total. The van der Waals surface area contributed by atoms with Gasteiger partial charge in [-0.2, -0.15) is 0 Å². The first-order valence-electron chi connectivity index (χ1n) is 9.33. The smallest absolute Gasteiger partial charge is 0.353 e. The van der Waals surface area contributed by atoms with Crippen molar-refractivity contribution in [3.05, 3.63) is 64.0 Å². The van der Waals surface area contributed by atoms with Crippen molar-refractivity contribution < 1.29 is 14.4 Å². The van der Waals surface area contributed by atoms with Gasteiger partial charge in [-0.25, -0.2) is 15.0 Å². The van der Waals surface area contributed by atoms with Gasteiger partial charge in [0.15, 0.2) is 16.6 Å². The molecule has 2 aromatic heterocycles. The van der Waals surface area contributed by atoms with Crippen LogP contribution in [-0.2, 0) is 6.54 Å². The van der Waals surface area contributed by atoms with E-state index in [2.05, 4.69) is 25.6 Å². The van der Waals surface area contributed by atoms with Gasteiger partial charge in [0.1, 0.15) is 6.33 Å². The van der Waals surface area contributed by atoms with Gasteiger partial charge in [0.05, 0.1) is 15.1 Å². The van der Waals surface area contributed by atoms with Crippen LogP contribution in [0.5, 0.6) is 11.5 Å². The van der Waals surface area contributed by atoms with Crippen LogP contribution in [0.3, 0.4) is 0 Å². The van der Waals surface area contributed by atoms with Crippen LogP contribution in [-0.4, -0.2) is 26.7 Å². The average Bonchev–Trinajstić information content (AvgIpc) is 3.37. The third-order valence-corrected chi connectivity index (χ3v) is 5.60. The number of thiazole rings is 1. The van der Waals surface area contributed by atoms with E-state index in [0.717, 1.165) is 21.3 Å². The molecule has 156 valence electrons. The molecule has 4 aromatic rings. The molecule has 10 nitrogen and oxygen atoms in total. The van der Waals surface area contributed by atoms with Crippen LogP contribution in [0.15, 0.2) is 42.7 Å². The lowest BCUT2D eigenvalue weighted by Crippen LogP contribution is -2.08. The summed E-state index contributed by atoms with van der Waals surface area (Å²) in [7, 11) is 0. The Kier molecular flexibility index (Phi) is 4.71. The van der Waals surface area contributed by atoms with E-state index < -0.39 is 4.92 Å². The molecule has 1 aliphatic rings. The number of hydrogen-bond acceptors (Lipinski definition) is 10. The van der Waals surface area contributed by atoms with Gasteiger partial charge in [0, 0.05) is 6.54 Å². The molecule has 31 heavy (non-hydrogen) atoms. The second-order valence-electron chi connectivity index (χ2n) is 6.83. The van der Waals surface area contributed by atoms with Crippen molar-refractivity contribution in [2.45, 2.75) is 13.5 Å². The molecular weight excluding hydrogens is 420 g/mol. The second kappa shape index (κ2) is 7.69. The van der Waals surface area contributed by atoms with E-state index in [0.29, 0.717) is 23.2 Å². The number of fused-ring (bicyclic) bond motifs is 2. The Balaban J connectivity index is 1.40. The Labute approximate surface area is 180 Å². The standard InChI is InChI=1S/C20H16N6O4S/c1-11-2-4-13-16(6-11)31-20(24-13)25-19-17(26(27)28)18(22-9-23-19)21-8-12-3-5-14-15(7-12)30-10-29-14/h2-7,9H,8,10H2,1H3,(H2,21,22,23,24,25). The summed E-state index contributed by atoms with van der Waals surface area (Å²) in [5.74, 6) is 1.50. The van der Waals surface area contributed by atoms with Crippen molar-refractivity contribution >= 4 is 44.0 Å². The molecule has 3 heterocycles. The van der Waals surface area contributed by atoms with Crippen LogP contribution in [0.2, 0.25) is 0 Å². The molecule has 0 radical (unpaired) electrons. The minimum atomic E-state index is -0.512. The SMILES string of the molecule is Cc1ccc2nc(Nc3ncnc(NCc4ccc5c(c4)OCO5)c3[N+](=O)[O-])sc2c1. The Hall–Kier alpha value is -3.99. The van der Waals surface area contributed by atoms with Crippen molar-refractivity contribution in [3.8, 4) is 11.5 Å². The van der Waals surface area contributed by atoms with Gasteiger partial charge < -0.3 is 20.1 Å². The van der Waals surface area contributed by atoms with E-state index in [4.69, 9.17) is 9.47 Å². The Bertz CT molecular complexity index is 1310. The maximum Gasteiger partial charge on any atom is 0.353 e. The first-order valence-corrected chi connectivity index (χ1v) is 10.1. The zero-order chi connectivity index (χ0) is 21.4. The highest BCUT2D eigenvalue weighted by Gasteiger charge is 2.24. The van der Waals surface area contributed by atoms with Crippen molar-refractivity contribution in [1.82, 2.24) is 15.0 Å². The summed E-state index contributed by atoms with van der Waals surface area (Å²) in [4.78, 5) is 23.9. The first kappa shape index (κ1) is 19.0. The molecule has 1 aliphatic heterocycles. The third kappa shape index (κ3) is 3.78. The maximum absolute atomic E-state index is 11.8. The summed E-state index contributed by atoms with van der Waals surface area (Å²) >= 11 is 1.40. The molecule has 0 unspecified atom stereocenters. The number of ether oxygens (including phenoxy) is 2. The molecule has 2 aromatic carbocycles. The Morgan fingerprint density at radius 2 is 1.97 bits per heavy atom. The van der Waals surface area contributed by atoms with E-state index in [1.54, 1.807) is 6.07 Å². The van der Waals surface area contributed by atoms with Crippen LogP contribution in [0.1, 0.15) is 11.1 Å². The molecular formula is C20H16N6O4S. The molecule has 0 fully saturated rings. The predicted molar refractivity (Wildman–Crippen MR) is 116 cm³/mol. The lowest BCUT2D eigenvalue weighted by Gasteiger charge is -2.09. The molecule has 0 amide bonds. The minimum Gasteiger partial charge on any atom is -0.454 e. The van der Waals surface area contributed by atoms with Crippen molar-refractivity contribution in [3.63, 3.8) is 0 Å². The summed E-state index contributed by atoms with van der Waals surface area (Å²) in [5, 5.41) is 18.3. The predicted octanol–water partition coefficient (Wildman–Crippen LogP) is 4.39. The van der Waals surface area contributed by atoms with E-state index in [-0.39, 0.29) is 24.1 Å². The lowest BCUT2D eigenvalue weighted by atomic mass is 10.2. The molecule has 0 spiro atoms. The quantitative estimate of drug-likeness (QED) is 0.334. The average molecular weight is 436 g/mol. The monoisotopic (exact) mass is 436 g/mol. The number of hydrogen-bond donors (Lipinski definition) is 2. The Morgan fingerprint density at radius 3 is 2.84 bits per heavy atom. The number of benzene rings is 2. The summed E-state index contributed by atoms with van der Waals surface area (Å²) < 4.78 is 11.7. The fourth-order valence-electron chi connectivity index (χ4n) is 3.20. The third-order valence-electron chi connectivity index (χ3n) is 4.67. The fourth-order valence-corrected chi connectivity index (χ4v) is 4.16. The van der Waals surface area contributed by atoms with Crippen LogP contribution >= 0.6 is 11.3 Å². The molecule has 0 bridgehead atoms. The summed E-state index contributed by atoms with van der Waals surface area (Å²) in [6.07, 6.45) is 1.27. The zero-order valence-electron chi connectivity index (χ0n) is 16.3. The number of aryl methyl sites for hydroxylation is 1. The molecule has 0 aliphatic carbocycles. The number of anilines is 3. The van der Waals surface area contributed by atoms with Gasteiger partial charge in [-0.05, 0) is 42.3 Å². The largest absolute Gasteiger partial charge is 0.454 e.